The zero-order chi connectivity index (χ0) is 13.1. The number of nitrogens with one attached hydrogen (secondary N) is 2. The fourth-order valence-electron chi connectivity index (χ4n) is 1.47. The van der Waals surface area contributed by atoms with Gasteiger partial charge in [-0.25, -0.2) is 4.98 Å². The van der Waals surface area contributed by atoms with Gasteiger partial charge in [0.1, 0.15) is 5.00 Å². The smallest absolute Gasteiger partial charge is 0.371 e. The van der Waals surface area contributed by atoms with Gasteiger partial charge in [-0.1, -0.05) is 24.7 Å². The van der Waals surface area contributed by atoms with Gasteiger partial charge in [-0.15, -0.1) is 0 Å². The van der Waals surface area contributed by atoms with E-state index in [0.29, 0.717) is 10.0 Å². The van der Waals surface area contributed by atoms with Crippen molar-refractivity contribution in [3.8, 4) is 0 Å². The molecule has 0 aliphatic heterocycles. The van der Waals surface area contributed by atoms with Crippen molar-refractivity contribution < 1.29 is 13.2 Å². The summed E-state index contributed by atoms with van der Waals surface area (Å²) < 4.78 is 36.7. The normalized spacial score (nSPS) is 13.5. The lowest BCUT2D eigenvalue weighted by atomic mass is 10.2. The number of anilines is 2. The summed E-state index contributed by atoms with van der Waals surface area (Å²) in [4.78, 5) is 3.83. The van der Waals surface area contributed by atoms with E-state index >= 15 is 0 Å². The summed E-state index contributed by atoms with van der Waals surface area (Å²) in [5, 5.41) is 5.55. The van der Waals surface area contributed by atoms with E-state index in [0.717, 1.165) is 12.8 Å². The molecule has 1 atom stereocenters. The van der Waals surface area contributed by atoms with Crippen molar-refractivity contribution in [1.82, 2.24) is 4.98 Å². The predicted octanol–water partition coefficient (Wildman–Crippen LogP) is 3.98. The van der Waals surface area contributed by atoms with E-state index < -0.39 is 6.30 Å². The summed E-state index contributed by atoms with van der Waals surface area (Å²) in [5.74, 6) is -0.136. The first-order valence-electron chi connectivity index (χ1n) is 5.40. The highest BCUT2D eigenvalue weighted by Crippen LogP contribution is 2.32. The van der Waals surface area contributed by atoms with Gasteiger partial charge in [0.15, 0.2) is 5.82 Å². The van der Waals surface area contributed by atoms with Crippen molar-refractivity contribution in [2.45, 2.75) is 46.0 Å². The zero-order valence-corrected chi connectivity index (χ0v) is 10.8. The standard InChI is InChI=1S/C10H16F3N3S/c1-4-5-6(2)14-9-8(15-7(3)17-9)16-10(11,12)13/h6,14,16H,4-5H2,1-3H3. The van der Waals surface area contributed by atoms with E-state index in [4.69, 9.17) is 0 Å². The Bertz CT molecular complexity index is 362. The molecule has 0 saturated heterocycles. The van der Waals surface area contributed by atoms with Gasteiger partial charge in [-0.2, -0.15) is 13.2 Å². The van der Waals surface area contributed by atoms with Gasteiger partial charge in [0, 0.05) is 6.04 Å². The summed E-state index contributed by atoms with van der Waals surface area (Å²) in [6, 6.07) is 0.133. The molecule has 1 unspecified atom stereocenters. The molecule has 0 radical (unpaired) electrons. The highest BCUT2D eigenvalue weighted by molar-refractivity contribution is 7.16. The molecule has 0 aliphatic carbocycles. The molecule has 98 valence electrons. The molecule has 0 fully saturated rings. The number of alkyl halides is 3. The van der Waals surface area contributed by atoms with E-state index in [1.807, 2.05) is 13.8 Å². The molecule has 0 aromatic carbocycles. The zero-order valence-electron chi connectivity index (χ0n) is 9.98. The molecule has 7 heteroatoms. The van der Waals surface area contributed by atoms with Crippen LogP contribution < -0.4 is 10.6 Å². The summed E-state index contributed by atoms with van der Waals surface area (Å²) in [6.45, 7) is 5.66. The first kappa shape index (κ1) is 14.1. The minimum Gasteiger partial charge on any atom is -0.371 e. The molecule has 2 N–H and O–H groups in total. The third kappa shape index (κ3) is 4.80. The van der Waals surface area contributed by atoms with Crippen LogP contribution in [0.15, 0.2) is 0 Å². The molecule has 3 nitrogen and oxygen atoms in total. The molecule has 1 heterocycles. The lowest BCUT2D eigenvalue weighted by Gasteiger charge is -2.15. The van der Waals surface area contributed by atoms with E-state index in [-0.39, 0.29) is 11.9 Å². The molecule has 0 spiro atoms. The van der Waals surface area contributed by atoms with Crippen LogP contribution in [-0.4, -0.2) is 17.3 Å². The molecule has 1 aromatic rings. The van der Waals surface area contributed by atoms with Crippen LogP contribution in [0.4, 0.5) is 24.0 Å². The molecule has 0 aliphatic rings. The monoisotopic (exact) mass is 267 g/mol. The van der Waals surface area contributed by atoms with E-state index in [1.165, 1.54) is 16.7 Å². The van der Waals surface area contributed by atoms with Crippen molar-refractivity contribution in [3.63, 3.8) is 0 Å². The first-order chi connectivity index (χ1) is 7.81. The summed E-state index contributed by atoms with van der Waals surface area (Å²) in [7, 11) is 0. The molecule has 1 aromatic heterocycles. The number of halogens is 3. The minimum absolute atomic E-state index is 0.133. The molecule has 0 amide bonds. The van der Waals surface area contributed by atoms with Gasteiger partial charge in [-0.05, 0) is 20.3 Å². The summed E-state index contributed by atoms with van der Waals surface area (Å²) in [5.41, 5.74) is 0. The number of hydrogen-bond donors (Lipinski definition) is 2. The lowest BCUT2D eigenvalue weighted by molar-refractivity contribution is -0.100. The van der Waals surface area contributed by atoms with Crippen LogP contribution in [0.25, 0.3) is 0 Å². The van der Waals surface area contributed by atoms with Crippen LogP contribution in [0.3, 0.4) is 0 Å². The van der Waals surface area contributed by atoms with Crippen LogP contribution in [0.2, 0.25) is 0 Å². The molecule has 0 bridgehead atoms. The van der Waals surface area contributed by atoms with Gasteiger partial charge < -0.3 is 5.32 Å². The highest BCUT2D eigenvalue weighted by atomic mass is 32.1. The molecular formula is C10H16F3N3S. The van der Waals surface area contributed by atoms with Crippen LogP contribution in [0.5, 0.6) is 0 Å². The van der Waals surface area contributed by atoms with Crippen molar-refractivity contribution >= 4 is 22.2 Å². The number of hydrogen-bond acceptors (Lipinski definition) is 4. The van der Waals surface area contributed by atoms with E-state index in [1.54, 1.807) is 6.92 Å². The predicted molar refractivity (Wildman–Crippen MR) is 64.5 cm³/mol. The lowest BCUT2D eigenvalue weighted by Crippen LogP contribution is -2.22. The third-order valence-electron chi connectivity index (χ3n) is 2.09. The van der Waals surface area contributed by atoms with E-state index in [2.05, 4.69) is 10.3 Å². The Kier molecular flexibility index (Phi) is 4.62. The topological polar surface area (TPSA) is 37.0 Å². The Morgan fingerprint density at radius 2 is 2.06 bits per heavy atom. The largest absolute Gasteiger partial charge is 0.483 e. The molecule has 17 heavy (non-hydrogen) atoms. The first-order valence-corrected chi connectivity index (χ1v) is 6.22. The Morgan fingerprint density at radius 3 is 2.59 bits per heavy atom. The van der Waals surface area contributed by atoms with Crippen molar-refractivity contribution in [1.29, 1.82) is 0 Å². The van der Waals surface area contributed by atoms with Gasteiger partial charge in [0.05, 0.1) is 5.01 Å². The molecular weight excluding hydrogens is 251 g/mol. The number of aryl methyl sites for hydroxylation is 1. The second-order valence-electron chi connectivity index (χ2n) is 3.87. The SMILES string of the molecule is CCCC(C)Nc1sc(C)nc1NC(F)(F)F. The van der Waals surface area contributed by atoms with Gasteiger partial charge in [0.2, 0.25) is 0 Å². The Balaban J connectivity index is 2.77. The van der Waals surface area contributed by atoms with Crippen molar-refractivity contribution in [3.05, 3.63) is 5.01 Å². The quantitative estimate of drug-likeness (QED) is 0.792. The Morgan fingerprint density at radius 1 is 1.41 bits per heavy atom. The maximum Gasteiger partial charge on any atom is 0.483 e. The maximum atomic E-state index is 12.2. The van der Waals surface area contributed by atoms with Gasteiger partial charge >= 0.3 is 6.30 Å². The van der Waals surface area contributed by atoms with Gasteiger partial charge in [0.25, 0.3) is 0 Å². The van der Waals surface area contributed by atoms with E-state index in [9.17, 15) is 13.2 Å². The van der Waals surface area contributed by atoms with Gasteiger partial charge in [-0.3, -0.25) is 5.32 Å². The fourth-order valence-corrected chi connectivity index (χ4v) is 2.36. The van der Waals surface area contributed by atoms with Crippen molar-refractivity contribution in [2.75, 3.05) is 10.6 Å². The van der Waals surface area contributed by atoms with Crippen LogP contribution in [0, 0.1) is 6.92 Å². The second-order valence-corrected chi connectivity index (χ2v) is 5.07. The average molecular weight is 267 g/mol. The Labute approximate surface area is 102 Å². The highest BCUT2D eigenvalue weighted by Gasteiger charge is 2.30. The van der Waals surface area contributed by atoms with Crippen LogP contribution in [-0.2, 0) is 0 Å². The van der Waals surface area contributed by atoms with Crippen LogP contribution in [0.1, 0.15) is 31.7 Å². The molecule has 0 saturated carbocycles. The number of rotatable bonds is 5. The Hall–Kier alpha value is -0.980. The minimum atomic E-state index is -4.45. The number of thiazole rings is 1. The fraction of sp³-hybridized carbons (Fsp3) is 0.700. The number of nitrogens with zero attached hydrogens (tertiary/aromatic N) is 1. The van der Waals surface area contributed by atoms with Crippen molar-refractivity contribution in [2.24, 2.45) is 0 Å². The summed E-state index contributed by atoms with van der Waals surface area (Å²) >= 11 is 1.22. The maximum absolute atomic E-state index is 12.2. The molecule has 1 rings (SSSR count). The number of aromatic nitrogens is 1. The second kappa shape index (κ2) is 5.57. The third-order valence-corrected chi connectivity index (χ3v) is 3.00. The summed E-state index contributed by atoms with van der Waals surface area (Å²) in [6.07, 6.45) is -2.57. The van der Waals surface area contributed by atoms with Crippen LogP contribution >= 0.6 is 11.3 Å². The average Bonchev–Trinajstić information content (AvgIpc) is 2.43.